The summed E-state index contributed by atoms with van der Waals surface area (Å²) in [6.07, 6.45) is 0.159. The lowest BCUT2D eigenvalue weighted by Gasteiger charge is -2.13. The van der Waals surface area contributed by atoms with Crippen molar-refractivity contribution >= 4 is 29.2 Å². The summed E-state index contributed by atoms with van der Waals surface area (Å²) >= 11 is 5.82. The number of halogens is 1. The number of methoxy groups -OCH3 is 1. The molecule has 0 heterocycles. The van der Waals surface area contributed by atoms with E-state index in [1.54, 1.807) is 55.6 Å². The third-order valence-corrected chi connectivity index (χ3v) is 3.80. The second-order valence-corrected chi connectivity index (χ2v) is 5.78. The van der Waals surface area contributed by atoms with Crippen molar-refractivity contribution in [1.82, 2.24) is 0 Å². The molecule has 0 saturated carbocycles. The second kappa shape index (κ2) is 8.36. The highest BCUT2D eigenvalue weighted by molar-refractivity contribution is 6.30. The number of ether oxygens (including phenoxy) is 1. The summed E-state index contributed by atoms with van der Waals surface area (Å²) in [5, 5.41) is 12.6. The van der Waals surface area contributed by atoms with Crippen molar-refractivity contribution in [3.05, 3.63) is 59.1 Å². The van der Waals surface area contributed by atoms with Crippen LogP contribution in [0.25, 0.3) is 0 Å². The van der Waals surface area contributed by atoms with Gasteiger partial charge in [0.25, 0.3) is 0 Å². The zero-order valence-electron chi connectivity index (χ0n) is 13.2. The summed E-state index contributed by atoms with van der Waals surface area (Å²) < 4.78 is 5.05. The first-order valence-electron chi connectivity index (χ1n) is 7.39. The maximum Gasteiger partial charge on any atom is 0.307 e. The Morgan fingerprint density at radius 1 is 1.12 bits per heavy atom. The van der Waals surface area contributed by atoms with Crippen molar-refractivity contribution in [1.29, 1.82) is 0 Å². The van der Waals surface area contributed by atoms with Crippen LogP contribution in [-0.2, 0) is 16.0 Å². The van der Waals surface area contributed by atoms with E-state index < -0.39 is 11.9 Å². The molecule has 0 unspecified atom stereocenters. The molecule has 5 nitrogen and oxygen atoms in total. The van der Waals surface area contributed by atoms with Crippen LogP contribution in [0, 0.1) is 5.92 Å². The van der Waals surface area contributed by atoms with Crippen molar-refractivity contribution in [3.8, 4) is 5.75 Å². The smallest absolute Gasteiger partial charge is 0.307 e. The number of amides is 1. The first kappa shape index (κ1) is 17.8. The van der Waals surface area contributed by atoms with E-state index in [4.69, 9.17) is 16.3 Å². The van der Waals surface area contributed by atoms with Gasteiger partial charge >= 0.3 is 5.97 Å². The Balaban J connectivity index is 1.97. The van der Waals surface area contributed by atoms with Crippen molar-refractivity contribution in [2.75, 3.05) is 12.4 Å². The molecule has 0 spiro atoms. The van der Waals surface area contributed by atoms with E-state index >= 15 is 0 Å². The number of anilines is 1. The Morgan fingerprint density at radius 3 is 2.29 bits per heavy atom. The molecule has 0 aromatic heterocycles. The third kappa shape index (κ3) is 5.28. The van der Waals surface area contributed by atoms with Gasteiger partial charge in [-0.15, -0.1) is 0 Å². The molecule has 0 radical (unpaired) electrons. The molecular weight excluding hydrogens is 330 g/mol. The van der Waals surface area contributed by atoms with E-state index in [1.807, 2.05) is 0 Å². The van der Waals surface area contributed by atoms with Crippen LogP contribution in [0.1, 0.15) is 12.0 Å². The van der Waals surface area contributed by atoms with Crippen LogP contribution in [0.3, 0.4) is 0 Å². The quantitative estimate of drug-likeness (QED) is 0.802. The lowest BCUT2D eigenvalue weighted by atomic mass is 9.96. The molecule has 126 valence electrons. The van der Waals surface area contributed by atoms with Crippen molar-refractivity contribution < 1.29 is 19.4 Å². The highest BCUT2D eigenvalue weighted by Crippen LogP contribution is 2.18. The molecule has 24 heavy (non-hydrogen) atoms. The minimum atomic E-state index is -1.00. The fraction of sp³-hybridized carbons (Fsp3) is 0.222. The Labute approximate surface area is 145 Å². The maximum absolute atomic E-state index is 12.1. The fourth-order valence-electron chi connectivity index (χ4n) is 2.26. The van der Waals surface area contributed by atoms with Gasteiger partial charge in [0.05, 0.1) is 13.0 Å². The molecule has 0 saturated heterocycles. The number of hydrogen-bond acceptors (Lipinski definition) is 3. The predicted molar refractivity (Wildman–Crippen MR) is 92.5 cm³/mol. The van der Waals surface area contributed by atoms with E-state index in [-0.39, 0.29) is 18.7 Å². The van der Waals surface area contributed by atoms with Gasteiger partial charge < -0.3 is 15.2 Å². The summed E-state index contributed by atoms with van der Waals surface area (Å²) in [6.45, 7) is 0. The molecule has 1 atom stereocenters. The highest BCUT2D eigenvalue weighted by atomic mass is 35.5. The Kier molecular flexibility index (Phi) is 6.21. The number of carbonyl (C=O) groups is 2. The van der Waals surface area contributed by atoms with Crippen LogP contribution in [0.4, 0.5) is 5.69 Å². The molecule has 0 aliphatic carbocycles. The SMILES string of the molecule is COc1ccc(NC(=O)C[C@@H](Cc2ccc(Cl)cc2)C(=O)O)cc1. The van der Waals surface area contributed by atoms with Crippen LogP contribution in [0.15, 0.2) is 48.5 Å². The molecule has 2 N–H and O–H groups in total. The molecule has 2 aromatic carbocycles. The number of rotatable bonds is 7. The number of carbonyl (C=O) groups excluding carboxylic acids is 1. The first-order valence-corrected chi connectivity index (χ1v) is 7.77. The fourth-order valence-corrected chi connectivity index (χ4v) is 2.39. The van der Waals surface area contributed by atoms with Crippen LogP contribution < -0.4 is 10.1 Å². The monoisotopic (exact) mass is 347 g/mol. The summed E-state index contributed by atoms with van der Waals surface area (Å²) in [7, 11) is 1.56. The summed E-state index contributed by atoms with van der Waals surface area (Å²) in [6, 6.07) is 13.8. The van der Waals surface area contributed by atoms with Gasteiger partial charge in [0, 0.05) is 17.1 Å². The van der Waals surface area contributed by atoms with E-state index in [0.717, 1.165) is 5.56 Å². The van der Waals surface area contributed by atoms with Gasteiger partial charge in [0.15, 0.2) is 0 Å². The topological polar surface area (TPSA) is 75.6 Å². The largest absolute Gasteiger partial charge is 0.497 e. The standard InChI is InChI=1S/C18H18ClNO4/c1-24-16-8-6-15(7-9-16)20-17(21)11-13(18(22)23)10-12-2-4-14(19)5-3-12/h2-9,13H,10-11H2,1H3,(H,20,21)(H,22,23)/t13-/m1/s1. The number of aliphatic carboxylic acids is 1. The van der Waals surface area contributed by atoms with Gasteiger partial charge in [0.1, 0.15) is 5.75 Å². The van der Waals surface area contributed by atoms with E-state index in [1.165, 1.54) is 0 Å². The molecular formula is C18H18ClNO4. The van der Waals surface area contributed by atoms with Gasteiger partial charge in [-0.05, 0) is 48.4 Å². The zero-order chi connectivity index (χ0) is 17.5. The van der Waals surface area contributed by atoms with Crippen LogP contribution >= 0.6 is 11.6 Å². The molecule has 6 heteroatoms. The van der Waals surface area contributed by atoms with Gasteiger partial charge in [-0.2, -0.15) is 0 Å². The van der Waals surface area contributed by atoms with Crippen LogP contribution in [0.5, 0.6) is 5.75 Å². The number of carboxylic acid groups (broad SMARTS) is 1. The minimum absolute atomic E-state index is 0.107. The van der Waals surface area contributed by atoms with Gasteiger partial charge in [-0.1, -0.05) is 23.7 Å². The molecule has 2 rings (SSSR count). The Morgan fingerprint density at radius 2 is 1.75 bits per heavy atom. The molecule has 0 fully saturated rings. The van der Waals surface area contributed by atoms with Gasteiger partial charge in [-0.3, -0.25) is 9.59 Å². The molecule has 0 bridgehead atoms. The van der Waals surface area contributed by atoms with Gasteiger partial charge in [-0.25, -0.2) is 0 Å². The number of carboxylic acids is 1. The summed E-state index contributed by atoms with van der Waals surface area (Å²) in [5.41, 5.74) is 1.42. The lowest BCUT2D eigenvalue weighted by Crippen LogP contribution is -2.24. The van der Waals surface area contributed by atoms with Crippen LogP contribution in [-0.4, -0.2) is 24.1 Å². The van der Waals surface area contributed by atoms with Crippen molar-refractivity contribution in [2.24, 2.45) is 5.92 Å². The third-order valence-electron chi connectivity index (χ3n) is 3.55. The predicted octanol–water partition coefficient (Wildman–Crippen LogP) is 3.62. The second-order valence-electron chi connectivity index (χ2n) is 5.35. The summed E-state index contributed by atoms with van der Waals surface area (Å²) in [5.74, 6) is -1.47. The molecule has 0 aliphatic rings. The Bertz CT molecular complexity index is 698. The highest BCUT2D eigenvalue weighted by Gasteiger charge is 2.21. The lowest BCUT2D eigenvalue weighted by molar-refractivity contribution is -0.143. The maximum atomic E-state index is 12.1. The van der Waals surface area contributed by atoms with E-state index in [2.05, 4.69) is 5.32 Å². The molecule has 1 amide bonds. The Hall–Kier alpha value is -2.53. The summed E-state index contributed by atoms with van der Waals surface area (Å²) in [4.78, 5) is 23.5. The van der Waals surface area contributed by atoms with E-state index in [0.29, 0.717) is 16.5 Å². The van der Waals surface area contributed by atoms with Gasteiger partial charge in [0.2, 0.25) is 5.91 Å². The molecule has 2 aromatic rings. The van der Waals surface area contributed by atoms with E-state index in [9.17, 15) is 14.7 Å². The zero-order valence-corrected chi connectivity index (χ0v) is 13.9. The van der Waals surface area contributed by atoms with Crippen molar-refractivity contribution in [3.63, 3.8) is 0 Å². The number of hydrogen-bond donors (Lipinski definition) is 2. The average molecular weight is 348 g/mol. The number of benzene rings is 2. The molecule has 0 aliphatic heterocycles. The first-order chi connectivity index (χ1) is 11.5. The minimum Gasteiger partial charge on any atom is -0.497 e. The normalized spacial score (nSPS) is 11.6. The average Bonchev–Trinajstić information content (AvgIpc) is 2.56. The van der Waals surface area contributed by atoms with Crippen molar-refractivity contribution in [2.45, 2.75) is 12.8 Å². The van der Waals surface area contributed by atoms with Crippen LogP contribution in [0.2, 0.25) is 5.02 Å². The number of nitrogens with one attached hydrogen (secondary N) is 1.